The molecule has 6 heteroatoms. The Bertz CT molecular complexity index is 671. The minimum Gasteiger partial charge on any atom is -0.444 e. The molecule has 2 fully saturated rings. The normalized spacial score (nSPS) is 18.3. The van der Waals surface area contributed by atoms with Crippen LogP contribution in [0.15, 0.2) is 18.5 Å². The predicted octanol–water partition coefficient (Wildman–Crippen LogP) is 3.61. The lowest BCUT2D eigenvalue weighted by molar-refractivity contribution is -0.122. The number of carbonyl (C=O) groups is 2. The van der Waals surface area contributed by atoms with Gasteiger partial charge in [-0.25, -0.2) is 4.79 Å². The fraction of sp³-hybridized carbons (Fsp3) is 0.667. The number of nitrogens with zero attached hydrogens (tertiary/aromatic N) is 2. The number of carbonyl (C=O) groups excluding carboxylic acids is 2. The number of likely N-dealkylation sites (tertiary alicyclic amines) is 1. The van der Waals surface area contributed by atoms with Gasteiger partial charge in [0.25, 0.3) is 0 Å². The average molecular weight is 373 g/mol. The first-order valence-electron chi connectivity index (χ1n) is 9.98. The molecule has 0 spiro atoms. The van der Waals surface area contributed by atoms with E-state index >= 15 is 0 Å². The highest BCUT2D eigenvalue weighted by atomic mass is 16.6. The summed E-state index contributed by atoms with van der Waals surface area (Å²) in [5.41, 5.74) is 1.88. The average Bonchev–Trinajstić information content (AvgIpc) is 3.44. The molecule has 1 aliphatic carbocycles. The van der Waals surface area contributed by atoms with Gasteiger partial charge in [-0.1, -0.05) is 6.07 Å². The second-order valence-electron chi connectivity index (χ2n) is 8.79. The van der Waals surface area contributed by atoms with Gasteiger partial charge in [0.05, 0.1) is 0 Å². The Morgan fingerprint density at radius 1 is 1.19 bits per heavy atom. The molecule has 1 saturated heterocycles. The van der Waals surface area contributed by atoms with E-state index in [9.17, 15) is 9.59 Å². The van der Waals surface area contributed by atoms with Crippen molar-refractivity contribution in [3.8, 4) is 0 Å². The summed E-state index contributed by atoms with van der Waals surface area (Å²) in [6.07, 6.45) is 8.19. The number of pyridine rings is 1. The van der Waals surface area contributed by atoms with Crippen molar-refractivity contribution in [1.82, 2.24) is 15.2 Å². The van der Waals surface area contributed by atoms with Crippen LogP contribution in [0.3, 0.4) is 0 Å². The van der Waals surface area contributed by atoms with Gasteiger partial charge in [0.15, 0.2) is 0 Å². The summed E-state index contributed by atoms with van der Waals surface area (Å²) in [6, 6.07) is 2.16. The van der Waals surface area contributed by atoms with Gasteiger partial charge in [-0.3, -0.25) is 9.78 Å². The van der Waals surface area contributed by atoms with Crippen LogP contribution in [0.2, 0.25) is 0 Å². The third kappa shape index (κ3) is 6.22. The third-order valence-electron chi connectivity index (χ3n) is 5.09. The predicted molar refractivity (Wildman–Crippen MR) is 103 cm³/mol. The highest BCUT2D eigenvalue weighted by Crippen LogP contribution is 2.39. The van der Waals surface area contributed by atoms with Gasteiger partial charge >= 0.3 is 6.09 Å². The van der Waals surface area contributed by atoms with E-state index < -0.39 is 5.60 Å². The molecular formula is C21H31N3O3. The van der Waals surface area contributed by atoms with Crippen LogP contribution in [0.4, 0.5) is 4.79 Å². The molecule has 1 aliphatic heterocycles. The monoisotopic (exact) mass is 373 g/mol. The third-order valence-corrected chi connectivity index (χ3v) is 5.09. The maximum atomic E-state index is 12.3. The van der Waals surface area contributed by atoms with Crippen LogP contribution in [0, 0.1) is 5.92 Å². The zero-order valence-corrected chi connectivity index (χ0v) is 16.7. The van der Waals surface area contributed by atoms with Crippen LogP contribution in [-0.4, -0.2) is 40.6 Å². The van der Waals surface area contributed by atoms with E-state index in [4.69, 9.17) is 4.74 Å². The van der Waals surface area contributed by atoms with Gasteiger partial charge in [0.2, 0.25) is 5.91 Å². The molecule has 2 heterocycles. The van der Waals surface area contributed by atoms with Crippen LogP contribution in [0.25, 0.3) is 0 Å². The number of rotatable bonds is 5. The highest BCUT2D eigenvalue weighted by Gasteiger charge is 2.28. The van der Waals surface area contributed by atoms with Crippen molar-refractivity contribution in [3.63, 3.8) is 0 Å². The summed E-state index contributed by atoms with van der Waals surface area (Å²) >= 11 is 0. The molecule has 0 radical (unpaired) electrons. The van der Waals surface area contributed by atoms with Gasteiger partial charge in [-0.05, 0) is 69.4 Å². The van der Waals surface area contributed by atoms with Crippen LogP contribution in [0.1, 0.15) is 69.9 Å². The Morgan fingerprint density at radius 2 is 1.89 bits per heavy atom. The summed E-state index contributed by atoms with van der Waals surface area (Å²) in [4.78, 5) is 30.4. The van der Waals surface area contributed by atoms with Gasteiger partial charge in [0.1, 0.15) is 5.60 Å². The number of aromatic nitrogens is 1. The molecule has 2 amide bonds. The van der Waals surface area contributed by atoms with Crippen LogP contribution in [-0.2, 0) is 16.1 Å². The summed E-state index contributed by atoms with van der Waals surface area (Å²) in [7, 11) is 0. The zero-order chi connectivity index (χ0) is 19.4. The molecule has 6 nitrogen and oxygen atoms in total. The van der Waals surface area contributed by atoms with E-state index in [2.05, 4.69) is 16.4 Å². The first kappa shape index (κ1) is 19.6. The molecule has 0 atom stereocenters. The fourth-order valence-electron chi connectivity index (χ4n) is 3.43. The summed E-state index contributed by atoms with van der Waals surface area (Å²) in [5.74, 6) is 1.06. The quantitative estimate of drug-likeness (QED) is 0.856. The Kier molecular flexibility index (Phi) is 6.02. The minimum atomic E-state index is -0.473. The van der Waals surface area contributed by atoms with Crippen LogP contribution < -0.4 is 5.32 Å². The number of hydrogen-bond acceptors (Lipinski definition) is 4. The molecule has 1 aromatic rings. The number of amides is 2. The van der Waals surface area contributed by atoms with E-state index in [0.717, 1.165) is 18.4 Å². The van der Waals surface area contributed by atoms with Crippen molar-refractivity contribution in [1.29, 1.82) is 0 Å². The van der Waals surface area contributed by atoms with E-state index in [1.807, 2.05) is 33.2 Å². The van der Waals surface area contributed by atoms with Crippen molar-refractivity contribution < 1.29 is 14.3 Å². The summed E-state index contributed by atoms with van der Waals surface area (Å²) in [5, 5.41) is 3.01. The van der Waals surface area contributed by atoms with Crippen molar-refractivity contribution in [2.75, 3.05) is 13.1 Å². The summed E-state index contributed by atoms with van der Waals surface area (Å²) < 4.78 is 5.41. The van der Waals surface area contributed by atoms with Gasteiger partial charge in [-0.2, -0.15) is 0 Å². The standard InChI is InChI=1S/C21H31N3O3/c1-21(2,3)27-20(26)24-8-6-15(7-9-24)11-19(25)23-13-16-10-18(14-22-12-16)17-4-5-17/h10,12,14-15,17H,4-9,11,13H2,1-3H3,(H,23,25). The van der Waals surface area contributed by atoms with Crippen molar-refractivity contribution >= 4 is 12.0 Å². The topological polar surface area (TPSA) is 71.5 Å². The largest absolute Gasteiger partial charge is 0.444 e. The van der Waals surface area contributed by atoms with Gasteiger partial charge in [-0.15, -0.1) is 0 Å². The first-order chi connectivity index (χ1) is 12.8. The zero-order valence-electron chi connectivity index (χ0n) is 16.7. The molecule has 148 valence electrons. The van der Waals surface area contributed by atoms with E-state index in [1.54, 1.807) is 4.90 Å². The van der Waals surface area contributed by atoms with Crippen molar-refractivity contribution in [2.24, 2.45) is 5.92 Å². The fourth-order valence-corrected chi connectivity index (χ4v) is 3.43. The Labute approximate surface area is 161 Å². The SMILES string of the molecule is CC(C)(C)OC(=O)N1CCC(CC(=O)NCc2cncc(C3CC3)c2)CC1. The molecule has 3 rings (SSSR count). The summed E-state index contributed by atoms with van der Waals surface area (Å²) in [6.45, 7) is 7.46. The number of ether oxygens (including phenoxy) is 1. The molecule has 0 unspecified atom stereocenters. The Morgan fingerprint density at radius 3 is 2.52 bits per heavy atom. The number of hydrogen-bond donors (Lipinski definition) is 1. The van der Waals surface area contributed by atoms with E-state index in [1.165, 1.54) is 18.4 Å². The smallest absolute Gasteiger partial charge is 0.410 e. The molecule has 1 aromatic heterocycles. The van der Waals surface area contributed by atoms with Crippen LogP contribution in [0.5, 0.6) is 0 Å². The molecule has 0 aromatic carbocycles. The highest BCUT2D eigenvalue weighted by molar-refractivity contribution is 5.76. The lowest BCUT2D eigenvalue weighted by Gasteiger charge is -2.33. The van der Waals surface area contributed by atoms with Crippen LogP contribution >= 0.6 is 0 Å². The Hall–Kier alpha value is -2.11. The first-order valence-corrected chi connectivity index (χ1v) is 9.98. The second kappa shape index (κ2) is 8.28. The van der Waals surface area contributed by atoms with Gasteiger partial charge in [0, 0.05) is 38.4 Å². The maximum absolute atomic E-state index is 12.3. The van der Waals surface area contributed by atoms with E-state index in [-0.39, 0.29) is 12.0 Å². The molecule has 0 bridgehead atoms. The maximum Gasteiger partial charge on any atom is 0.410 e. The van der Waals surface area contributed by atoms with Crippen molar-refractivity contribution in [2.45, 2.75) is 70.9 Å². The number of piperidine rings is 1. The molecule has 1 N–H and O–H groups in total. The number of nitrogens with one attached hydrogen (secondary N) is 1. The molecule has 1 saturated carbocycles. The Balaban J connectivity index is 1.38. The molecule has 27 heavy (non-hydrogen) atoms. The van der Waals surface area contributed by atoms with Gasteiger partial charge < -0.3 is 15.0 Å². The van der Waals surface area contributed by atoms with E-state index in [0.29, 0.717) is 37.9 Å². The second-order valence-corrected chi connectivity index (χ2v) is 8.79. The molecule has 2 aliphatic rings. The molecular weight excluding hydrogens is 342 g/mol. The lowest BCUT2D eigenvalue weighted by Crippen LogP contribution is -2.42. The van der Waals surface area contributed by atoms with Crippen molar-refractivity contribution in [3.05, 3.63) is 29.6 Å². The lowest BCUT2D eigenvalue weighted by atomic mass is 9.93. The minimum absolute atomic E-state index is 0.0718.